The summed E-state index contributed by atoms with van der Waals surface area (Å²) in [4.78, 5) is 28.3. The smallest absolute Gasteiger partial charge is 0.265 e. The number of carbonyl (C=O) groups excluding carboxylic acids is 2. The number of imide groups is 1. The zero-order chi connectivity index (χ0) is 22.8. The third-order valence-electron chi connectivity index (χ3n) is 5.63. The number of hydrogen-bond acceptors (Lipinski definition) is 3. The molecule has 0 aromatic heterocycles. The molecule has 3 rings (SSSR count). The van der Waals surface area contributed by atoms with Crippen LogP contribution < -0.4 is 9.64 Å². The maximum atomic E-state index is 13.6. The second-order valence-corrected chi connectivity index (χ2v) is 7.91. The van der Waals surface area contributed by atoms with Crippen molar-refractivity contribution in [2.75, 3.05) is 12.0 Å². The minimum Gasteiger partial charge on any atom is -0.497 e. The van der Waals surface area contributed by atoms with Gasteiger partial charge in [-0.25, -0.2) is 4.90 Å². The van der Waals surface area contributed by atoms with Crippen LogP contribution in [0, 0.1) is 0 Å². The highest BCUT2D eigenvalue weighted by Gasteiger charge is 2.27. The number of ether oxygens (including phenoxy) is 1. The van der Waals surface area contributed by atoms with E-state index in [4.69, 9.17) is 4.74 Å². The van der Waals surface area contributed by atoms with Crippen molar-refractivity contribution in [2.45, 2.75) is 44.9 Å². The molecule has 0 bridgehead atoms. The fourth-order valence-corrected chi connectivity index (χ4v) is 3.89. The quantitative estimate of drug-likeness (QED) is 0.340. The highest BCUT2D eigenvalue weighted by molar-refractivity contribution is 6.21. The first-order valence-corrected chi connectivity index (χ1v) is 11.3. The number of amides is 2. The van der Waals surface area contributed by atoms with Gasteiger partial charge in [0.05, 0.1) is 12.8 Å². The van der Waals surface area contributed by atoms with Crippen molar-refractivity contribution in [3.63, 3.8) is 0 Å². The second-order valence-electron chi connectivity index (χ2n) is 7.91. The van der Waals surface area contributed by atoms with Gasteiger partial charge < -0.3 is 4.74 Å². The van der Waals surface area contributed by atoms with E-state index in [1.54, 1.807) is 31.4 Å². The number of hydrogen-bond donors (Lipinski definition) is 0. The standard InChI is InChI=1S/C28H31NO3/c1-3-4-7-15-24(23-16-12-19-26(20-23)32-2)21-27(30)29(25-17-10-6-11-18-25)28(31)22-13-8-5-9-14-22/h5-6,8-14,16-20,24H,3-4,7,15,21H2,1-2H3/t24-/m0/s1. The maximum absolute atomic E-state index is 13.6. The van der Waals surface area contributed by atoms with E-state index in [0.717, 1.165) is 37.0 Å². The summed E-state index contributed by atoms with van der Waals surface area (Å²) < 4.78 is 5.40. The number of benzene rings is 3. The summed E-state index contributed by atoms with van der Waals surface area (Å²) in [5.41, 5.74) is 2.15. The van der Waals surface area contributed by atoms with E-state index in [-0.39, 0.29) is 24.2 Å². The SMILES string of the molecule is CCCCC[C@@H](CC(=O)N(C(=O)c1ccccc1)c1ccccc1)c1cccc(OC)c1. The molecule has 0 spiro atoms. The third-order valence-corrected chi connectivity index (χ3v) is 5.63. The van der Waals surface area contributed by atoms with Crippen molar-refractivity contribution in [3.8, 4) is 5.75 Å². The van der Waals surface area contributed by atoms with Gasteiger partial charge in [-0.3, -0.25) is 9.59 Å². The zero-order valence-electron chi connectivity index (χ0n) is 18.9. The van der Waals surface area contributed by atoms with Crippen molar-refractivity contribution in [1.82, 2.24) is 0 Å². The topological polar surface area (TPSA) is 46.6 Å². The molecule has 0 heterocycles. The van der Waals surface area contributed by atoms with Crippen LogP contribution >= 0.6 is 0 Å². The minimum absolute atomic E-state index is 0.0129. The van der Waals surface area contributed by atoms with Gasteiger partial charge in [-0.1, -0.05) is 74.7 Å². The normalized spacial score (nSPS) is 11.6. The van der Waals surface area contributed by atoms with Gasteiger partial charge in [-0.05, 0) is 54.3 Å². The number of unbranched alkanes of at least 4 members (excludes halogenated alkanes) is 2. The number of anilines is 1. The number of rotatable bonds is 10. The molecule has 2 amide bonds. The summed E-state index contributed by atoms with van der Waals surface area (Å²) in [5, 5.41) is 0. The van der Waals surface area contributed by atoms with Gasteiger partial charge in [0, 0.05) is 12.0 Å². The molecule has 0 unspecified atom stereocenters. The molecule has 4 heteroatoms. The van der Waals surface area contributed by atoms with Gasteiger partial charge >= 0.3 is 0 Å². The minimum atomic E-state index is -0.306. The fraction of sp³-hybridized carbons (Fsp3) is 0.286. The van der Waals surface area contributed by atoms with Crippen molar-refractivity contribution >= 4 is 17.5 Å². The van der Waals surface area contributed by atoms with Gasteiger partial charge in [0.2, 0.25) is 5.91 Å². The van der Waals surface area contributed by atoms with Crippen LogP contribution in [0.3, 0.4) is 0 Å². The van der Waals surface area contributed by atoms with Crippen LogP contribution in [0.1, 0.15) is 60.9 Å². The van der Waals surface area contributed by atoms with Gasteiger partial charge in [0.25, 0.3) is 5.91 Å². The number of nitrogens with zero attached hydrogens (tertiary/aromatic N) is 1. The van der Waals surface area contributed by atoms with E-state index in [1.807, 2.05) is 60.7 Å². The lowest BCUT2D eigenvalue weighted by atomic mass is 9.89. The van der Waals surface area contributed by atoms with E-state index in [9.17, 15) is 9.59 Å². The summed E-state index contributed by atoms with van der Waals surface area (Å²) in [6.07, 6.45) is 4.39. The molecule has 0 saturated carbocycles. The van der Waals surface area contributed by atoms with Crippen molar-refractivity contribution in [1.29, 1.82) is 0 Å². The average molecular weight is 430 g/mol. The van der Waals surface area contributed by atoms with Crippen LogP contribution in [0.25, 0.3) is 0 Å². The van der Waals surface area contributed by atoms with Crippen LogP contribution in [0.4, 0.5) is 5.69 Å². The lowest BCUT2D eigenvalue weighted by molar-refractivity contribution is -0.118. The van der Waals surface area contributed by atoms with E-state index in [2.05, 4.69) is 6.92 Å². The Morgan fingerprint density at radius 3 is 2.22 bits per heavy atom. The van der Waals surface area contributed by atoms with Gasteiger partial charge in [0.15, 0.2) is 0 Å². The lowest BCUT2D eigenvalue weighted by Crippen LogP contribution is -2.37. The van der Waals surface area contributed by atoms with E-state index < -0.39 is 0 Å². The first-order valence-electron chi connectivity index (χ1n) is 11.3. The van der Waals surface area contributed by atoms with E-state index >= 15 is 0 Å². The van der Waals surface area contributed by atoms with Crippen LogP contribution in [-0.4, -0.2) is 18.9 Å². The fourth-order valence-electron chi connectivity index (χ4n) is 3.89. The summed E-state index contributed by atoms with van der Waals surface area (Å²) in [6.45, 7) is 2.17. The monoisotopic (exact) mass is 429 g/mol. The van der Waals surface area contributed by atoms with Gasteiger partial charge in [-0.2, -0.15) is 0 Å². The summed E-state index contributed by atoms with van der Waals surface area (Å²) in [5.74, 6) is 0.281. The molecule has 3 aromatic rings. The first kappa shape index (κ1) is 23.3. The van der Waals surface area contributed by atoms with Crippen LogP contribution in [0.15, 0.2) is 84.9 Å². The molecule has 4 nitrogen and oxygen atoms in total. The third kappa shape index (κ3) is 6.07. The Labute approximate surface area is 190 Å². The number of carbonyl (C=O) groups is 2. The molecule has 3 aromatic carbocycles. The largest absolute Gasteiger partial charge is 0.497 e. The molecule has 0 radical (unpaired) electrons. The van der Waals surface area contributed by atoms with Crippen LogP contribution in [0.5, 0.6) is 5.75 Å². The Hall–Kier alpha value is -3.40. The van der Waals surface area contributed by atoms with Crippen molar-refractivity contribution < 1.29 is 14.3 Å². The lowest BCUT2D eigenvalue weighted by Gasteiger charge is -2.25. The number of methoxy groups -OCH3 is 1. The molecule has 0 fully saturated rings. The molecule has 1 atom stereocenters. The van der Waals surface area contributed by atoms with E-state index in [1.165, 1.54) is 4.90 Å². The molecule has 0 aliphatic heterocycles. The summed E-state index contributed by atoms with van der Waals surface area (Å²) >= 11 is 0. The Kier molecular flexibility index (Phi) is 8.61. The van der Waals surface area contributed by atoms with E-state index in [0.29, 0.717) is 11.3 Å². The summed E-state index contributed by atoms with van der Waals surface area (Å²) in [7, 11) is 1.64. The molecular formula is C28H31NO3. The highest BCUT2D eigenvalue weighted by atomic mass is 16.5. The molecule has 0 N–H and O–H groups in total. The Morgan fingerprint density at radius 1 is 0.875 bits per heavy atom. The predicted molar refractivity (Wildman–Crippen MR) is 129 cm³/mol. The Balaban J connectivity index is 1.91. The maximum Gasteiger partial charge on any atom is 0.265 e. The predicted octanol–water partition coefficient (Wildman–Crippen LogP) is 6.62. The molecule has 0 aliphatic carbocycles. The molecular weight excluding hydrogens is 398 g/mol. The Morgan fingerprint density at radius 2 is 1.56 bits per heavy atom. The number of para-hydroxylation sites is 1. The Bertz CT molecular complexity index is 1000. The second kappa shape index (κ2) is 11.8. The molecule has 32 heavy (non-hydrogen) atoms. The van der Waals surface area contributed by atoms with Crippen molar-refractivity contribution in [3.05, 3.63) is 96.1 Å². The zero-order valence-corrected chi connectivity index (χ0v) is 18.9. The molecule has 0 saturated heterocycles. The molecule has 0 aliphatic rings. The first-order chi connectivity index (χ1) is 15.6. The summed E-state index contributed by atoms with van der Waals surface area (Å²) in [6, 6.07) is 26.0. The average Bonchev–Trinajstić information content (AvgIpc) is 2.85. The van der Waals surface area contributed by atoms with Gasteiger partial charge in [0.1, 0.15) is 5.75 Å². The van der Waals surface area contributed by atoms with Gasteiger partial charge in [-0.15, -0.1) is 0 Å². The van der Waals surface area contributed by atoms with Crippen LogP contribution in [-0.2, 0) is 4.79 Å². The highest BCUT2D eigenvalue weighted by Crippen LogP contribution is 2.30. The van der Waals surface area contributed by atoms with Crippen LogP contribution in [0.2, 0.25) is 0 Å². The van der Waals surface area contributed by atoms with Crippen molar-refractivity contribution in [2.24, 2.45) is 0 Å². The molecule has 166 valence electrons.